The van der Waals surface area contributed by atoms with Crippen LogP contribution in [0.1, 0.15) is 24.8 Å². The Kier molecular flexibility index (Phi) is 4.45. The molecular formula is C9H17N3O3S. The van der Waals surface area contributed by atoms with Crippen LogP contribution in [-0.4, -0.2) is 26.2 Å². The quantitative estimate of drug-likeness (QED) is 0.745. The Labute approximate surface area is 95.2 Å². The third kappa shape index (κ3) is 4.30. The van der Waals surface area contributed by atoms with Crippen LogP contribution in [0.5, 0.6) is 0 Å². The number of nitrogens with two attached hydrogens (primary N) is 1. The first-order valence-electron chi connectivity index (χ1n) is 5.08. The Morgan fingerprint density at radius 2 is 2.31 bits per heavy atom. The summed E-state index contributed by atoms with van der Waals surface area (Å²) in [7, 11) is -3.38. The molecular weight excluding hydrogens is 230 g/mol. The zero-order valence-electron chi connectivity index (χ0n) is 9.43. The number of sulfonamides is 1. The van der Waals surface area contributed by atoms with Crippen molar-refractivity contribution >= 4 is 10.0 Å². The van der Waals surface area contributed by atoms with Gasteiger partial charge < -0.3 is 10.3 Å². The van der Waals surface area contributed by atoms with Crippen LogP contribution >= 0.6 is 0 Å². The maximum absolute atomic E-state index is 11.6. The molecule has 3 N–H and O–H groups in total. The molecule has 7 heteroatoms. The van der Waals surface area contributed by atoms with E-state index in [1.165, 1.54) is 0 Å². The first kappa shape index (κ1) is 13.1. The van der Waals surface area contributed by atoms with Crippen molar-refractivity contribution in [3.05, 3.63) is 17.5 Å². The predicted molar refractivity (Wildman–Crippen MR) is 60.1 cm³/mol. The summed E-state index contributed by atoms with van der Waals surface area (Å²) in [6.45, 7) is 3.86. The second kappa shape index (κ2) is 5.42. The number of rotatable bonds is 6. The highest BCUT2D eigenvalue weighted by Gasteiger charge is 2.15. The lowest BCUT2D eigenvalue weighted by Crippen LogP contribution is -2.37. The van der Waals surface area contributed by atoms with Gasteiger partial charge in [-0.15, -0.1) is 0 Å². The van der Waals surface area contributed by atoms with Crippen molar-refractivity contribution in [3.63, 3.8) is 0 Å². The number of hydrogen-bond acceptors (Lipinski definition) is 5. The van der Waals surface area contributed by atoms with Gasteiger partial charge in [0.25, 0.3) is 0 Å². The Balaban J connectivity index is 2.52. The lowest BCUT2D eigenvalue weighted by atomic mass is 10.2. The van der Waals surface area contributed by atoms with E-state index in [1.54, 1.807) is 13.0 Å². The van der Waals surface area contributed by atoms with Gasteiger partial charge in [-0.25, -0.2) is 13.1 Å². The highest BCUT2D eigenvalue weighted by Crippen LogP contribution is 2.05. The van der Waals surface area contributed by atoms with Crippen molar-refractivity contribution in [1.82, 2.24) is 9.88 Å². The largest absolute Gasteiger partial charge is 0.361 e. The molecule has 92 valence electrons. The van der Waals surface area contributed by atoms with Gasteiger partial charge in [-0.1, -0.05) is 12.1 Å². The number of nitrogens with zero attached hydrogens (tertiary/aromatic N) is 1. The average molecular weight is 247 g/mol. The zero-order valence-corrected chi connectivity index (χ0v) is 10.3. The van der Waals surface area contributed by atoms with Crippen molar-refractivity contribution in [3.8, 4) is 0 Å². The van der Waals surface area contributed by atoms with Gasteiger partial charge in [0.05, 0.1) is 0 Å². The Bertz CT molecular complexity index is 427. The molecule has 0 aliphatic carbocycles. The van der Waals surface area contributed by atoms with Crippen LogP contribution in [0.2, 0.25) is 0 Å². The summed E-state index contributed by atoms with van der Waals surface area (Å²) in [5.74, 6) is 0.413. The zero-order chi connectivity index (χ0) is 12.2. The van der Waals surface area contributed by atoms with Crippen LogP contribution < -0.4 is 10.5 Å². The smallest absolute Gasteiger partial charge is 0.217 e. The molecule has 1 unspecified atom stereocenters. The molecule has 1 heterocycles. The van der Waals surface area contributed by atoms with Gasteiger partial charge in [0.2, 0.25) is 10.0 Å². The van der Waals surface area contributed by atoms with Gasteiger partial charge in [0.15, 0.2) is 0 Å². The van der Waals surface area contributed by atoms with Gasteiger partial charge in [-0.05, 0) is 13.3 Å². The number of nitrogens with one attached hydrogen (secondary N) is 1. The van der Waals surface area contributed by atoms with Crippen LogP contribution in [0.15, 0.2) is 10.6 Å². The first-order valence-corrected chi connectivity index (χ1v) is 6.73. The molecule has 1 aromatic rings. The van der Waals surface area contributed by atoms with Crippen LogP contribution in [0.4, 0.5) is 0 Å². The van der Waals surface area contributed by atoms with Gasteiger partial charge in [0.1, 0.15) is 17.2 Å². The van der Waals surface area contributed by atoms with E-state index in [0.717, 1.165) is 6.42 Å². The summed E-state index contributed by atoms with van der Waals surface area (Å²) in [5, 5.41) is 3.62. The summed E-state index contributed by atoms with van der Waals surface area (Å²) in [6, 6.07) is 1.44. The highest BCUT2D eigenvalue weighted by molar-refractivity contribution is 7.88. The van der Waals surface area contributed by atoms with Crippen molar-refractivity contribution in [1.29, 1.82) is 0 Å². The SMILES string of the molecule is CCC(N)CNS(=O)(=O)Cc1cc(C)on1. The third-order valence-corrected chi connectivity index (χ3v) is 3.39. The summed E-state index contributed by atoms with van der Waals surface area (Å²) < 4.78 is 30.4. The molecule has 6 nitrogen and oxygen atoms in total. The molecule has 0 amide bonds. The third-order valence-electron chi connectivity index (χ3n) is 2.10. The molecule has 1 rings (SSSR count). The molecule has 0 bridgehead atoms. The van der Waals surface area contributed by atoms with Gasteiger partial charge in [-0.2, -0.15) is 0 Å². The summed E-state index contributed by atoms with van der Waals surface area (Å²) >= 11 is 0. The van der Waals surface area contributed by atoms with E-state index >= 15 is 0 Å². The number of hydrogen-bond donors (Lipinski definition) is 2. The summed E-state index contributed by atoms with van der Waals surface area (Å²) in [6.07, 6.45) is 0.728. The van der Waals surface area contributed by atoms with Crippen LogP contribution in [0, 0.1) is 6.92 Å². The van der Waals surface area contributed by atoms with Gasteiger partial charge in [-0.3, -0.25) is 0 Å². The Hall–Kier alpha value is -0.920. The lowest BCUT2D eigenvalue weighted by Gasteiger charge is -2.09. The summed E-state index contributed by atoms with van der Waals surface area (Å²) in [5.41, 5.74) is 6.01. The van der Waals surface area contributed by atoms with Crippen LogP contribution in [0.25, 0.3) is 0 Å². The molecule has 0 aliphatic heterocycles. The second-order valence-corrected chi connectivity index (χ2v) is 5.51. The lowest BCUT2D eigenvalue weighted by molar-refractivity contribution is 0.392. The minimum absolute atomic E-state index is 0.158. The molecule has 0 saturated carbocycles. The number of aromatic nitrogens is 1. The van der Waals surface area contributed by atoms with Crippen molar-refractivity contribution in [2.24, 2.45) is 5.73 Å². The Morgan fingerprint density at radius 3 is 2.81 bits per heavy atom. The van der Waals surface area contributed by atoms with Crippen molar-refractivity contribution in [2.45, 2.75) is 32.1 Å². The molecule has 0 saturated heterocycles. The first-order chi connectivity index (χ1) is 7.43. The number of aryl methyl sites for hydroxylation is 1. The maximum Gasteiger partial charge on any atom is 0.217 e. The van der Waals surface area contributed by atoms with E-state index in [2.05, 4.69) is 9.88 Å². The van der Waals surface area contributed by atoms with Crippen LogP contribution in [-0.2, 0) is 15.8 Å². The van der Waals surface area contributed by atoms with Crippen LogP contribution in [0.3, 0.4) is 0 Å². The molecule has 0 aromatic carbocycles. The van der Waals surface area contributed by atoms with E-state index in [9.17, 15) is 8.42 Å². The fourth-order valence-electron chi connectivity index (χ4n) is 1.11. The maximum atomic E-state index is 11.6. The van der Waals surface area contributed by atoms with E-state index in [4.69, 9.17) is 10.3 Å². The Morgan fingerprint density at radius 1 is 1.62 bits per heavy atom. The van der Waals surface area contributed by atoms with E-state index in [-0.39, 0.29) is 18.3 Å². The predicted octanol–water partition coefficient (Wildman–Crippen LogP) is 0.140. The van der Waals surface area contributed by atoms with Crippen molar-refractivity contribution in [2.75, 3.05) is 6.54 Å². The van der Waals surface area contributed by atoms with E-state index < -0.39 is 10.0 Å². The van der Waals surface area contributed by atoms with Gasteiger partial charge in [0, 0.05) is 18.7 Å². The van der Waals surface area contributed by atoms with Crippen molar-refractivity contribution < 1.29 is 12.9 Å². The van der Waals surface area contributed by atoms with E-state index in [1.807, 2.05) is 6.92 Å². The minimum atomic E-state index is -3.38. The fraction of sp³-hybridized carbons (Fsp3) is 0.667. The summed E-state index contributed by atoms with van der Waals surface area (Å²) in [4.78, 5) is 0. The molecule has 0 spiro atoms. The molecule has 0 fully saturated rings. The normalized spacial score (nSPS) is 13.9. The minimum Gasteiger partial charge on any atom is -0.361 e. The molecule has 0 radical (unpaired) electrons. The highest BCUT2D eigenvalue weighted by atomic mass is 32.2. The fourth-order valence-corrected chi connectivity index (χ4v) is 2.21. The topological polar surface area (TPSA) is 98.2 Å². The average Bonchev–Trinajstić information content (AvgIpc) is 2.59. The molecule has 16 heavy (non-hydrogen) atoms. The monoisotopic (exact) mass is 247 g/mol. The molecule has 0 aliphatic rings. The van der Waals surface area contributed by atoms with Gasteiger partial charge >= 0.3 is 0 Å². The van der Waals surface area contributed by atoms with E-state index in [0.29, 0.717) is 11.5 Å². The molecule has 1 atom stereocenters. The second-order valence-electron chi connectivity index (χ2n) is 3.70. The standard InChI is InChI=1S/C9H17N3O3S/c1-3-8(10)5-11-16(13,14)6-9-4-7(2)15-12-9/h4,8,11H,3,5-6,10H2,1-2H3. The molecule has 1 aromatic heterocycles.